The Labute approximate surface area is 320 Å². The lowest BCUT2D eigenvalue weighted by Crippen LogP contribution is -2.03. The monoisotopic (exact) mass is 717 g/mol. The number of hydrogen-bond donors (Lipinski definition) is 0. The molecule has 0 saturated heterocycles. The van der Waals surface area contributed by atoms with Crippen LogP contribution in [-0.4, -0.2) is 4.98 Å². The van der Waals surface area contributed by atoms with E-state index in [1.54, 1.807) is 0 Å². The van der Waals surface area contributed by atoms with Crippen molar-refractivity contribution >= 4 is 76.5 Å². The molecule has 0 aliphatic carbocycles. The number of oxazole rings is 1. The Hall–Kier alpha value is -7.43. The normalized spacial score (nSPS) is 12.6. The maximum atomic E-state index is 6.67. The van der Waals surface area contributed by atoms with Crippen molar-refractivity contribution in [1.82, 2.24) is 4.98 Å². The topological polar surface area (TPSA) is 52.3 Å². The van der Waals surface area contributed by atoms with Gasteiger partial charge < -0.3 is 13.3 Å². The van der Waals surface area contributed by atoms with Crippen molar-refractivity contribution in [3.63, 3.8) is 0 Å². The van der Waals surface area contributed by atoms with Crippen molar-refractivity contribution in [3.05, 3.63) is 199 Å². The molecule has 4 nitrogen and oxygen atoms in total. The standard InChI is InChI=1S/C52H31NO3/c1-3-10-31(11-4-1)38-15-9-17-46-50(38)40-25-22-37(30-47(40)55-46)48(36-24-27-45-42(29-36)39-14-7-8-16-44(39)54-45)35-21-19-32-18-20-33-23-26-43-51(49(33)41(32)28-35)56-52(53-43)34-12-5-2-6-13-34/h1-30,48H. The summed E-state index contributed by atoms with van der Waals surface area (Å²) in [6.07, 6.45) is 0. The first-order chi connectivity index (χ1) is 27.7. The molecule has 56 heavy (non-hydrogen) atoms. The van der Waals surface area contributed by atoms with Gasteiger partial charge in [0.05, 0.1) is 0 Å². The third-order valence-electron chi connectivity index (χ3n) is 11.4. The SMILES string of the molecule is c1ccc(-c2nc3ccc4ccc5ccc(C(c6ccc7c(c6)oc6cccc(-c8ccccc8)c67)c6ccc7oc8ccccc8c7c6)cc5c4c3o2)cc1. The lowest BCUT2D eigenvalue weighted by molar-refractivity contribution is 0.623. The van der Waals surface area contributed by atoms with E-state index in [0.717, 1.165) is 93.2 Å². The molecule has 12 rings (SSSR count). The van der Waals surface area contributed by atoms with Crippen molar-refractivity contribution in [2.24, 2.45) is 0 Å². The fraction of sp³-hybridized carbons (Fsp3) is 0.0192. The van der Waals surface area contributed by atoms with Crippen LogP contribution in [0.25, 0.3) is 99.1 Å². The summed E-state index contributed by atoms with van der Waals surface area (Å²) in [7, 11) is 0. The number of fused-ring (bicyclic) bond motifs is 11. The first kappa shape index (κ1) is 31.0. The maximum absolute atomic E-state index is 6.67. The number of benzene rings is 9. The number of aromatic nitrogens is 1. The second-order valence-corrected chi connectivity index (χ2v) is 14.6. The molecule has 0 N–H and O–H groups in total. The van der Waals surface area contributed by atoms with Crippen molar-refractivity contribution in [2.75, 3.05) is 0 Å². The molecule has 3 heterocycles. The zero-order valence-corrected chi connectivity index (χ0v) is 30.1. The molecule has 262 valence electrons. The summed E-state index contributed by atoms with van der Waals surface area (Å²) in [6, 6.07) is 64.1. The average molecular weight is 718 g/mol. The van der Waals surface area contributed by atoms with Crippen LogP contribution in [0, 0.1) is 0 Å². The van der Waals surface area contributed by atoms with Crippen LogP contribution in [0.1, 0.15) is 22.6 Å². The highest BCUT2D eigenvalue weighted by molar-refractivity contribution is 6.18. The quantitative estimate of drug-likeness (QED) is 0.131. The van der Waals surface area contributed by atoms with E-state index in [4.69, 9.17) is 18.2 Å². The minimum Gasteiger partial charge on any atom is -0.456 e. The van der Waals surface area contributed by atoms with Crippen molar-refractivity contribution in [2.45, 2.75) is 5.92 Å². The van der Waals surface area contributed by atoms with Crippen LogP contribution in [0.5, 0.6) is 0 Å². The summed E-state index contributed by atoms with van der Waals surface area (Å²) in [5.41, 5.74) is 11.9. The molecule has 0 spiro atoms. The summed E-state index contributed by atoms with van der Waals surface area (Å²) >= 11 is 0. The number of furan rings is 2. The van der Waals surface area contributed by atoms with Crippen molar-refractivity contribution in [1.29, 1.82) is 0 Å². The summed E-state index contributed by atoms with van der Waals surface area (Å²) in [5, 5.41) is 8.88. The number of nitrogens with zero attached hydrogens (tertiary/aromatic N) is 1. The number of para-hydroxylation sites is 1. The van der Waals surface area contributed by atoms with Crippen molar-refractivity contribution < 1.29 is 13.3 Å². The number of hydrogen-bond acceptors (Lipinski definition) is 4. The van der Waals surface area contributed by atoms with Crippen LogP contribution >= 0.6 is 0 Å². The highest BCUT2D eigenvalue weighted by Gasteiger charge is 2.23. The van der Waals surface area contributed by atoms with Gasteiger partial charge in [-0.1, -0.05) is 127 Å². The predicted molar refractivity (Wildman–Crippen MR) is 228 cm³/mol. The van der Waals surface area contributed by atoms with E-state index in [9.17, 15) is 0 Å². The van der Waals surface area contributed by atoms with E-state index in [2.05, 4.69) is 140 Å². The van der Waals surface area contributed by atoms with Gasteiger partial charge in [-0.05, 0) is 98.6 Å². The van der Waals surface area contributed by atoms with Crippen LogP contribution in [-0.2, 0) is 0 Å². The van der Waals surface area contributed by atoms with Crippen LogP contribution in [0.15, 0.2) is 195 Å². The van der Waals surface area contributed by atoms with Gasteiger partial charge in [0.15, 0.2) is 5.58 Å². The fourth-order valence-corrected chi connectivity index (χ4v) is 8.80. The first-order valence-corrected chi connectivity index (χ1v) is 19.0. The molecule has 0 aliphatic heterocycles. The maximum Gasteiger partial charge on any atom is 0.227 e. The van der Waals surface area contributed by atoms with Crippen molar-refractivity contribution in [3.8, 4) is 22.6 Å². The molecule has 9 aromatic carbocycles. The second-order valence-electron chi connectivity index (χ2n) is 14.6. The van der Waals surface area contributed by atoms with E-state index in [1.807, 2.05) is 42.5 Å². The second kappa shape index (κ2) is 12.0. The summed E-state index contributed by atoms with van der Waals surface area (Å²) in [6.45, 7) is 0. The van der Waals surface area contributed by atoms with Gasteiger partial charge in [-0.3, -0.25) is 0 Å². The number of rotatable bonds is 5. The zero-order valence-electron chi connectivity index (χ0n) is 30.1. The van der Waals surface area contributed by atoms with E-state index >= 15 is 0 Å². The third-order valence-corrected chi connectivity index (χ3v) is 11.4. The Bertz CT molecular complexity index is 3480. The van der Waals surface area contributed by atoms with Gasteiger partial charge in [0, 0.05) is 38.4 Å². The smallest absolute Gasteiger partial charge is 0.227 e. The molecule has 0 amide bonds. The van der Waals surface area contributed by atoms with Crippen LogP contribution in [0.2, 0.25) is 0 Å². The van der Waals surface area contributed by atoms with Gasteiger partial charge in [0.2, 0.25) is 5.89 Å². The van der Waals surface area contributed by atoms with Gasteiger partial charge in [-0.25, -0.2) is 4.98 Å². The largest absolute Gasteiger partial charge is 0.456 e. The van der Waals surface area contributed by atoms with Crippen LogP contribution in [0.4, 0.5) is 0 Å². The molecule has 0 aliphatic rings. The molecule has 0 saturated carbocycles. The molecule has 0 fully saturated rings. The highest BCUT2D eigenvalue weighted by atomic mass is 16.3. The van der Waals surface area contributed by atoms with Gasteiger partial charge >= 0.3 is 0 Å². The minimum atomic E-state index is -0.118. The molecule has 0 radical (unpaired) electrons. The van der Waals surface area contributed by atoms with Gasteiger partial charge in [-0.15, -0.1) is 0 Å². The molecule has 4 heteroatoms. The molecule has 0 bridgehead atoms. The Morgan fingerprint density at radius 2 is 1.02 bits per heavy atom. The van der Waals surface area contributed by atoms with E-state index in [0.29, 0.717) is 5.89 Å². The van der Waals surface area contributed by atoms with E-state index in [-0.39, 0.29) is 5.92 Å². The Morgan fingerprint density at radius 1 is 0.375 bits per heavy atom. The molecule has 1 unspecified atom stereocenters. The van der Waals surface area contributed by atoms with E-state index in [1.165, 1.54) is 16.7 Å². The molecular weight excluding hydrogens is 687 g/mol. The molecule has 12 aromatic rings. The minimum absolute atomic E-state index is 0.118. The van der Waals surface area contributed by atoms with Crippen LogP contribution in [0.3, 0.4) is 0 Å². The molecule has 1 atom stereocenters. The summed E-state index contributed by atoms with van der Waals surface area (Å²) in [4.78, 5) is 4.93. The molecular formula is C52H31NO3. The Balaban J connectivity index is 1.10. The zero-order chi connectivity index (χ0) is 36.7. The highest BCUT2D eigenvalue weighted by Crippen LogP contribution is 2.43. The summed E-state index contributed by atoms with van der Waals surface area (Å²) < 4.78 is 19.6. The van der Waals surface area contributed by atoms with Gasteiger partial charge in [0.25, 0.3) is 0 Å². The average Bonchev–Trinajstić information content (AvgIpc) is 3.97. The molecule has 3 aromatic heterocycles. The third kappa shape index (κ3) is 4.76. The Kier molecular flexibility index (Phi) is 6.66. The van der Waals surface area contributed by atoms with Gasteiger partial charge in [0.1, 0.15) is 27.8 Å². The van der Waals surface area contributed by atoms with Crippen LogP contribution < -0.4 is 0 Å². The lowest BCUT2D eigenvalue weighted by atomic mass is 9.83. The van der Waals surface area contributed by atoms with Gasteiger partial charge in [-0.2, -0.15) is 0 Å². The Morgan fingerprint density at radius 3 is 1.89 bits per heavy atom. The first-order valence-electron chi connectivity index (χ1n) is 19.0. The summed E-state index contributed by atoms with van der Waals surface area (Å²) in [5.74, 6) is 0.502. The van der Waals surface area contributed by atoms with E-state index < -0.39 is 0 Å². The fourth-order valence-electron chi connectivity index (χ4n) is 8.80. The predicted octanol–water partition coefficient (Wildman–Crippen LogP) is 14.4. The lowest BCUT2D eigenvalue weighted by Gasteiger charge is -2.20.